The van der Waals surface area contributed by atoms with Gasteiger partial charge in [0.05, 0.1) is 6.61 Å². The highest BCUT2D eigenvalue weighted by Gasteiger charge is 2.40. The Morgan fingerprint density at radius 3 is 2.80 bits per heavy atom. The van der Waals surface area contributed by atoms with E-state index in [0.717, 1.165) is 31.6 Å². The second-order valence-electron chi connectivity index (χ2n) is 5.45. The third-order valence-corrected chi connectivity index (χ3v) is 3.92. The van der Waals surface area contributed by atoms with Gasteiger partial charge in [-0.1, -0.05) is 12.1 Å². The first-order chi connectivity index (χ1) is 9.70. The molecule has 1 aliphatic carbocycles. The van der Waals surface area contributed by atoms with E-state index in [1.807, 2.05) is 6.92 Å². The smallest absolute Gasteiger partial charge is 0.321 e. The molecule has 114 valence electrons. The van der Waals surface area contributed by atoms with Crippen LogP contribution in [0.2, 0.25) is 0 Å². The zero-order valence-corrected chi connectivity index (χ0v) is 12.6. The number of methoxy groups -OCH3 is 1. The predicted octanol–water partition coefficient (Wildman–Crippen LogP) is 2.57. The summed E-state index contributed by atoms with van der Waals surface area (Å²) in [7, 11) is 1.66. The van der Waals surface area contributed by atoms with E-state index in [1.165, 1.54) is 0 Å². The maximum absolute atomic E-state index is 6.01. The van der Waals surface area contributed by atoms with E-state index in [-0.39, 0.29) is 5.60 Å². The van der Waals surface area contributed by atoms with E-state index in [4.69, 9.17) is 14.0 Å². The number of hydrogen-bond donors (Lipinski definition) is 1. The molecule has 1 heterocycles. The molecule has 1 aromatic heterocycles. The van der Waals surface area contributed by atoms with Gasteiger partial charge in [0.2, 0.25) is 5.82 Å². The molecule has 6 heteroatoms. The van der Waals surface area contributed by atoms with Gasteiger partial charge < -0.3 is 19.3 Å². The summed E-state index contributed by atoms with van der Waals surface area (Å²) in [6, 6.07) is 0.440. The number of rotatable bonds is 7. The van der Waals surface area contributed by atoms with Gasteiger partial charge in [0, 0.05) is 20.3 Å². The lowest BCUT2D eigenvalue weighted by Crippen LogP contribution is -2.35. The van der Waals surface area contributed by atoms with Gasteiger partial charge in [-0.3, -0.25) is 0 Å². The highest BCUT2D eigenvalue weighted by atomic mass is 16.5. The van der Waals surface area contributed by atoms with Crippen LogP contribution in [0.4, 0.5) is 6.01 Å². The first-order valence-corrected chi connectivity index (χ1v) is 7.41. The van der Waals surface area contributed by atoms with E-state index in [1.54, 1.807) is 7.11 Å². The Kier molecular flexibility index (Phi) is 5.37. The molecule has 0 aliphatic heterocycles. The van der Waals surface area contributed by atoms with Gasteiger partial charge in [0.1, 0.15) is 5.60 Å². The van der Waals surface area contributed by atoms with Crippen molar-refractivity contribution in [2.75, 3.05) is 32.2 Å². The zero-order valence-electron chi connectivity index (χ0n) is 12.6. The van der Waals surface area contributed by atoms with E-state index in [0.29, 0.717) is 31.6 Å². The van der Waals surface area contributed by atoms with Crippen molar-refractivity contribution in [3.8, 4) is 0 Å². The largest absolute Gasteiger partial charge is 0.383 e. The number of ether oxygens (including phenoxy) is 2. The monoisotopic (exact) mass is 283 g/mol. The molecule has 2 rings (SSSR count). The quantitative estimate of drug-likeness (QED) is 0.776. The maximum Gasteiger partial charge on any atom is 0.321 e. The SMILES string of the molecule is CCOC1(c2noc(NCCOC)n2)CCC(C)CC1. The van der Waals surface area contributed by atoms with Crippen molar-refractivity contribution < 1.29 is 14.0 Å². The lowest BCUT2D eigenvalue weighted by Gasteiger charge is -2.36. The van der Waals surface area contributed by atoms with Crippen molar-refractivity contribution in [2.24, 2.45) is 5.92 Å². The molecule has 0 atom stereocenters. The second-order valence-corrected chi connectivity index (χ2v) is 5.45. The summed E-state index contributed by atoms with van der Waals surface area (Å²) in [5, 5.41) is 7.17. The van der Waals surface area contributed by atoms with Crippen LogP contribution < -0.4 is 5.32 Å². The van der Waals surface area contributed by atoms with Gasteiger partial charge in [-0.05, 0) is 38.5 Å². The molecular formula is C14H25N3O3. The molecule has 1 fully saturated rings. The van der Waals surface area contributed by atoms with Crippen LogP contribution in [0.1, 0.15) is 45.4 Å². The summed E-state index contributed by atoms with van der Waals surface area (Å²) in [4.78, 5) is 4.45. The molecule has 0 spiro atoms. The van der Waals surface area contributed by atoms with Crippen LogP contribution in [0, 0.1) is 5.92 Å². The fourth-order valence-electron chi connectivity index (χ4n) is 2.68. The molecule has 1 saturated carbocycles. The van der Waals surface area contributed by atoms with Crippen LogP contribution in [-0.2, 0) is 15.1 Å². The Balaban J connectivity index is 2.05. The number of nitrogens with one attached hydrogen (secondary N) is 1. The normalized spacial score (nSPS) is 26.6. The zero-order chi connectivity index (χ0) is 14.4. The minimum atomic E-state index is -0.369. The Morgan fingerprint density at radius 2 is 2.15 bits per heavy atom. The summed E-state index contributed by atoms with van der Waals surface area (Å²) in [5.41, 5.74) is -0.369. The minimum Gasteiger partial charge on any atom is -0.383 e. The van der Waals surface area contributed by atoms with Gasteiger partial charge >= 0.3 is 6.01 Å². The summed E-state index contributed by atoms with van der Waals surface area (Å²) in [6.07, 6.45) is 4.19. The average Bonchev–Trinajstić information content (AvgIpc) is 2.92. The molecule has 0 radical (unpaired) electrons. The van der Waals surface area contributed by atoms with Gasteiger partial charge in [0.25, 0.3) is 0 Å². The van der Waals surface area contributed by atoms with Crippen molar-refractivity contribution in [3.63, 3.8) is 0 Å². The van der Waals surface area contributed by atoms with Crippen LogP contribution in [0.15, 0.2) is 4.52 Å². The third-order valence-electron chi connectivity index (χ3n) is 3.92. The lowest BCUT2D eigenvalue weighted by atomic mass is 9.79. The first-order valence-electron chi connectivity index (χ1n) is 7.41. The standard InChI is InChI=1S/C14H25N3O3/c1-4-19-14(7-5-11(2)6-8-14)12-16-13(20-17-12)15-9-10-18-3/h11H,4-10H2,1-3H3,(H,15,16,17). The fraction of sp³-hybridized carbons (Fsp3) is 0.857. The molecule has 1 aliphatic rings. The van der Waals surface area contributed by atoms with Crippen molar-refractivity contribution in [1.29, 1.82) is 0 Å². The molecule has 0 saturated heterocycles. The molecular weight excluding hydrogens is 258 g/mol. The van der Waals surface area contributed by atoms with Gasteiger partial charge in [-0.2, -0.15) is 4.98 Å². The highest BCUT2D eigenvalue weighted by molar-refractivity contribution is 5.20. The van der Waals surface area contributed by atoms with Crippen LogP contribution in [0.3, 0.4) is 0 Å². The second kappa shape index (κ2) is 7.04. The van der Waals surface area contributed by atoms with E-state index >= 15 is 0 Å². The van der Waals surface area contributed by atoms with Crippen LogP contribution in [-0.4, -0.2) is 37.0 Å². The van der Waals surface area contributed by atoms with E-state index in [2.05, 4.69) is 22.4 Å². The van der Waals surface area contributed by atoms with E-state index in [9.17, 15) is 0 Å². The molecule has 0 aromatic carbocycles. The predicted molar refractivity (Wildman–Crippen MR) is 75.6 cm³/mol. The van der Waals surface area contributed by atoms with Crippen molar-refractivity contribution in [1.82, 2.24) is 10.1 Å². The topological polar surface area (TPSA) is 69.4 Å². The average molecular weight is 283 g/mol. The Hall–Kier alpha value is -1.14. The van der Waals surface area contributed by atoms with Gasteiger partial charge in [0.15, 0.2) is 0 Å². The summed E-state index contributed by atoms with van der Waals surface area (Å²) < 4.78 is 16.2. The molecule has 1 aromatic rings. The summed E-state index contributed by atoms with van der Waals surface area (Å²) in [6.45, 7) is 6.21. The van der Waals surface area contributed by atoms with Crippen LogP contribution in [0.5, 0.6) is 0 Å². The third kappa shape index (κ3) is 3.49. The van der Waals surface area contributed by atoms with Gasteiger partial charge in [-0.15, -0.1) is 0 Å². The molecule has 20 heavy (non-hydrogen) atoms. The molecule has 1 N–H and O–H groups in total. The summed E-state index contributed by atoms with van der Waals surface area (Å²) in [5.74, 6) is 1.42. The van der Waals surface area contributed by atoms with Crippen molar-refractivity contribution in [2.45, 2.75) is 45.1 Å². The van der Waals surface area contributed by atoms with Crippen LogP contribution >= 0.6 is 0 Å². The van der Waals surface area contributed by atoms with Gasteiger partial charge in [-0.25, -0.2) is 0 Å². The fourth-order valence-corrected chi connectivity index (χ4v) is 2.68. The van der Waals surface area contributed by atoms with Crippen molar-refractivity contribution >= 4 is 6.01 Å². The Labute approximate surface area is 120 Å². The van der Waals surface area contributed by atoms with E-state index < -0.39 is 0 Å². The van der Waals surface area contributed by atoms with Crippen molar-refractivity contribution in [3.05, 3.63) is 5.82 Å². The minimum absolute atomic E-state index is 0.369. The lowest BCUT2D eigenvalue weighted by molar-refractivity contribution is -0.0847. The highest BCUT2D eigenvalue weighted by Crippen LogP contribution is 2.41. The number of aromatic nitrogens is 2. The molecule has 0 amide bonds. The number of hydrogen-bond acceptors (Lipinski definition) is 6. The Bertz CT molecular complexity index is 400. The summed E-state index contributed by atoms with van der Waals surface area (Å²) >= 11 is 0. The number of anilines is 1. The maximum atomic E-state index is 6.01. The number of nitrogens with zero attached hydrogens (tertiary/aromatic N) is 2. The molecule has 0 unspecified atom stereocenters. The molecule has 6 nitrogen and oxygen atoms in total. The molecule has 0 bridgehead atoms. The Morgan fingerprint density at radius 1 is 1.40 bits per heavy atom. The van der Waals surface area contributed by atoms with Crippen LogP contribution in [0.25, 0.3) is 0 Å². The first kappa shape index (κ1) is 15.3.